The summed E-state index contributed by atoms with van der Waals surface area (Å²) in [5, 5.41) is 4.98. The van der Waals surface area contributed by atoms with E-state index in [1.54, 1.807) is 0 Å². The van der Waals surface area contributed by atoms with E-state index in [9.17, 15) is 0 Å². The van der Waals surface area contributed by atoms with Gasteiger partial charge in [-0.1, -0.05) is 25.1 Å². The maximum absolute atomic E-state index is 4.50. The summed E-state index contributed by atoms with van der Waals surface area (Å²) in [6.07, 6.45) is 1.87. The van der Waals surface area contributed by atoms with Crippen molar-refractivity contribution in [1.29, 1.82) is 0 Å². The first-order valence-corrected chi connectivity index (χ1v) is 8.81. The first kappa shape index (κ1) is 14.8. The van der Waals surface area contributed by atoms with E-state index >= 15 is 0 Å². The maximum atomic E-state index is 4.50. The Bertz CT molecular complexity index is 596. The quantitative estimate of drug-likeness (QED) is 0.940. The molecule has 3 rings (SSSR count). The number of nitrogens with zero attached hydrogens (tertiary/aromatic N) is 2. The van der Waals surface area contributed by atoms with Crippen molar-refractivity contribution >= 4 is 22.7 Å². The molecule has 2 heterocycles. The molecule has 1 aromatic carbocycles. The second kappa shape index (κ2) is 6.77. The summed E-state index contributed by atoms with van der Waals surface area (Å²) < 4.78 is 0. The maximum Gasteiger partial charge on any atom is 0.0705 e. The number of benzene rings is 1. The van der Waals surface area contributed by atoms with Gasteiger partial charge in [0.05, 0.1) is 5.52 Å². The average Bonchev–Trinajstić information content (AvgIpc) is 2.53. The molecule has 1 fully saturated rings. The zero-order valence-electron chi connectivity index (χ0n) is 12.7. The molecule has 0 spiro atoms. The van der Waals surface area contributed by atoms with Gasteiger partial charge in [0.15, 0.2) is 0 Å². The lowest BCUT2D eigenvalue weighted by molar-refractivity contribution is 0.218. The molecule has 0 bridgehead atoms. The topological polar surface area (TPSA) is 28.2 Å². The first-order valence-electron chi connectivity index (χ1n) is 7.66. The molecular weight excluding hydrogens is 278 g/mol. The van der Waals surface area contributed by atoms with Gasteiger partial charge in [-0.25, -0.2) is 0 Å². The fourth-order valence-electron chi connectivity index (χ4n) is 3.13. The van der Waals surface area contributed by atoms with Gasteiger partial charge >= 0.3 is 0 Å². The van der Waals surface area contributed by atoms with Crippen molar-refractivity contribution in [2.75, 3.05) is 31.6 Å². The van der Waals surface area contributed by atoms with Crippen LogP contribution in [-0.4, -0.2) is 47.6 Å². The molecule has 0 saturated carbocycles. The number of hydrogen-bond donors (Lipinski definition) is 1. The van der Waals surface area contributed by atoms with Crippen molar-refractivity contribution in [2.24, 2.45) is 0 Å². The summed E-state index contributed by atoms with van der Waals surface area (Å²) in [7, 11) is 2.25. The van der Waals surface area contributed by atoms with Gasteiger partial charge in [-0.15, -0.1) is 0 Å². The van der Waals surface area contributed by atoms with Crippen LogP contribution in [0, 0.1) is 0 Å². The Kier molecular flexibility index (Phi) is 4.78. The van der Waals surface area contributed by atoms with Crippen LogP contribution in [0.5, 0.6) is 0 Å². The van der Waals surface area contributed by atoms with Crippen LogP contribution in [0.4, 0.5) is 0 Å². The summed E-state index contributed by atoms with van der Waals surface area (Å²) in [4.78, 5) is 7.00. The Labute approximate surface area is 131 Å². The van der Waals surface area contributed by atoms with Crippen LogP contribution in [0.25, 0.3) is 10.9 Å². The lowest BCUT2D eigenvalue weighted by Crippen LogP contribution is -2.47. The van der Waals surface area contributed by atoms with Gasteiger partial charge in [0.2, 0.25) is 0 Å². The average molecular weight is 301 g/mol. The van der Waals surface area contributed by atoms with E-state index in [1.165, 1.54) is 29.0 Å². The van der Waals surface area contributed by atoms with E-state index in [0.717, 1.165) is 12.1 Å². The molecule has 1 aliphatic rings. The second-order valence-electron chi connectivity index (χ2n) is 5.58. The standard InChI is InChI=1S/C17H23N3S/c1-3-18-17(16-12-21-11-10-20(16)2)14-6-4-8-15-13(14)7-5-9-19-15/h4-9,16-18H,3,10-12H2,1-2H3. The minimum absolute atomic E-state index is 0.362. The highest BCUT2D eigenvalue weighted by Crippen LogP contribution is 2.30. The highest BCUT2D eigenvalue weighted by Gasteiger charge is 2.29. The molecule has 4 heteroatoms. The normalized spacial score (nSPS) is 21.5. The predicted octanol–water partition coefficient (Wildman–Crippen LogP) is 2.93. The van der Waals surface area contributed by atoms with Crippen LogP contribution >= 0.6 is 11.8 Å². The van der Waals surface area contributed by atoms with Gasteiger partial charge in [0.1, 0.15) is 0 Å². The molecule has 1 saturated heterocycles. The number of aromatic nitrogens is 1. The van der Waals surface area contributed by atoms with Crippen LogP contribution < -0.4 is 5.32 Å². The summed E-state index contributed by atoms with van der Waals surface area (Å²) in [5.41, 5.74) is 2.46. The molecule has 0 radical (unpaired) electrons. The third-order valence-corrected chi connectivity index (χ3v) is 5.31. The molecule has 112 valence electrons. The van der Waals surface area contributed by atoms with Gasteiger partial charge in [0, 0.05) is 41.7 Å². The first-order chi connectivity index (χ1) is 10.3. The van der Waals surface area contributed by atoms with Crippen LogP contribution in [0.1, 0.15) is 18.5 Å². The van der Waals surface area contributed by atoms with E-state index in [4.69, 9.17) is 0 Å². The molecular formula is C17H23N3S. The third-order valence-electron chi connectivity index (χ3n) is 4.27. The highest BCUT2D eigenvalue weighted by atomic mass is 32.2. The minimum Gasteiger partial charge on any atom is -0.309 e. The Balaban J connectivity index is 2.02. The summed E-state index contributed by atoms with van der Waals surface area (Å²) in [6, 6.07) is 11.6. The number of hydrogen-bond acceptors (Lipinski definition) is 4. The highest BCUT2D eigenvalue weighted by molar-refractivity contribution is 7.99. The molecule has 3 nitrogen and oxygen atoms in total. The number of likely N-dealkylation sites (N-methyl/N-ethyl adjacent to an activating group) is 2. The van der Waals surface area contributed by atoms with Crippen LogP contribution in [0.2, 0.25) is 0 Å². The Morgan fingerprint density at radius 1 is 1.38 bits per heavy atom. The van der Waals surface area contributed by atoms with Crippen molar-refractivity contribution in [3.8, 4) is 0 Å². The lowest BCUT2D eigenvalue weighted by atomic mass is 9.95. The van der Waals surface area contributed by atoms with Crippen molar-refractivity contribution in [2.45, 2.75) is 19.0 Å². The predicted molar refractivity (Wildman–Crippen MR) is 91.9 cm³/mol. The third kappa shape index (κ3) is 3.07. The fourth-order valence-corrected chi connectivity index (χ4v) is 4.40. The molecule has 1 N–H and O–H groups in total. The molecule has 0 amide bonds. The molecule has 1 aliphatic heterocycles. The zero-order chi connectivity index (χ0) is 14.7. The largest absolute Gasteiger partial charge is 0.309 e. The molecule has 21 heavy (non-hydrogen) atoms. The summed E-state index contributed by atoms with van der Waals surface area (Å²) in [6.45, 7) is 4.34. The van der Waals surface area contributed by atoms with Gasteiger partial charge in [-0.3, -0.25) is 9.88 Å². The summed E-state index contributed by atoms with van der Waals surface area (Å²) in [5.74, 6) is 2.42. The van der Waals surface area contributed by atoms with Crippen molar-refractivity contribution in [1.82, 2.24) is 15.2 Å². The van der Waals surface area contributed by atoms with Crippen molar-refractivity contribution in [3.05, 3.63) is 42.1 Å². The minimum atomic E-state index is 0.362. The lowest BCUT2D eigenvalue weighted by Gasteiger charge is -2.38. The van der Waals surface area contributed by atoms with E-state index < -0.39 is 0 Å². The molecule has 2 aromatic rings. The van der Waals surface area contributed by atoms with Crippen LogP contribution in [0.3, 0.4) is 0 Å². The van der Waals surface area contributed by atoms with E-state index in [-0.39, 0.29) is 0 Å². The fraction of sp³-hybridized carbons (Fsp3) is 0.471. The Hall–Kier alpha value is -1.10. The number of rotatable bonds is 4. The van der Waals surface area contributed by atoms with E-state index in [1.807, 2.05) is 12.3 Å². The molecule has 2 unspecified atom stereocenters. The van der Waals surface area contributed by atoms with E-state index in [2.05, 4.69) is 65.2 Å². The summed E-state index contributed by atoms with van der Waals surface area (Å²) >= 11 is 2.06. The van der Waals surface area contributed by atoms with Gasteiger partial charge < -0.3 is 5.32 Å². The van der Waals surface area contributed by atoms with Crippen molar-refractivity contribution in [3.63, 3.8) is 0 Å². The Morgan fingerprint density at radius 2 is 2.29 bits per heavy atom. The number of nitrogens with one attached hydrogen (secondary N) is 1. The van der Waals surface area contributed by atoms with Gasteiger partial charge in [-0.2, -0.15) is 11.8 Å². The van der Waals surface area contributed by atoms with Gasteiger partial charge in [-0.05, 0) is 31.3 Å². The monoisotopic (exact) mass is 301 g/mol. The zero-order valence-corrected chi connectivity index (χ0v) is 13.6. The van der Waals surface area contributed by atoms with Crippen molar-refractivity contribution < 1.29 is 0 Å². The van der Waals surface area contributed by atoms with E-state index in [0.29, 0.717) is 12.1 Å². The second-order valence-corrected chi connectivity index (χ2v) is 6.73. The molecule has 0 aliphatic carbocycles. The van der Waals surface area contributed by atoms with Crippen LogP contribution in [0.15, 0.2) is 36.5 Å². The number of pyridine rings is 1. The van der Waals surface area contributed by atoms with Gasteiger partial charge in [0.25, 0.3) is 0 Å². The number of thioether (sulfide) groups is 1. The molecule has 2 atom stereocenters. The SMILES string of the molecule is CCNC(c1cccc2ncccc12)C1CSCCN1C. The Morgan fingerprint density at radius 3 is 3.10 bits per heavy atom. The number of fused-ring (bicyclic) bond motifs is 1. The smallest absolute Gasteiger partial charge is 0.0705 e. The molecule has 1 aromatic heterocycles. The van der Waals surface area contributed by atoms with Crippen LogP contribution in [-0.2, 0) is 0 Å².